The van der Waals surface area contributed by atoms with E-state index in [0.717, 1.165) is 22.9 Å². The Bertz CT molecular complexity index is 436. The lowest BCUT2D eigenvalue weighted by molar-refractivity contribution is -0.385. The maximum Gasteiger partial charge on any atom is 0.275 e. The van der Waals surface area contributed by atoms with Gasteiger partial charge in [-0.3, -0.25) is 10.1 Å². The summed E-state index contributed by atoms with van der Waals surface area (Å²) < 4.78 is 0.743. The number of hydrogen-bond acceptors (Lipinski definition) is 4. The first-order valence-electron chi connectivity index (χ1n) is 5.91. The lowest BCUT2D eigenvalue weighted by Crippen LogP contribution is -2.32. The topological polar surface area (TPSA) is 55.2 Å². The Morgan fingerprint density at radius 1 is 1.44 bits per heavy atom. The van der Waals surface area contributed by atoms with Crippen LogP contribution in [0.3, 0.4) is 0 Å². The van der Waals surface area contributed by atoms with E-state index in [0.29, 0.717) is 12.6 Å². The Kier molecular flexibility index (Phi) is 5.03. The van der Waals surface area contributed by atoms with Crippen molar-refractivity contribution in [1.29, 1.82) is 0 Å². The minimum absolute atomic E-state index is 0.182. The number of halogens is 1. The van der Waals surface area contributed by atoms with E-state index in [-0.39, 0.29) is 10.6 Å². The minimum Gasteiger partial charge on any atom is -0.310 e. The molecule has 0 unspecified atom stereocenters. The van der Waals surface area contributed by atoms with Gasteiger partial charge in [0.2, 0.25) is 0 Å². The third kappa shape index (κ3) is 3.70. The Hall–Kier alpha value is -0.590. The van der Waals surface area contributed by atoms with Crippen LogP contribution in [0.25, 0.3) is 0 Å². The van der Waals surface area contributed by atoms with Crippen LogP contribution in [0.5, 0.6) is 0 Å². The van der Waals surface area contributed by atoms with Gasteiger partial charge < -0.3 is 5.32 Å². The highest BCUT2D eigenvalue weighted by molar-refractivity contribution is 9.10. The molecule has 0 amide bonds. The van der Waals surface area contributed by atoms with Gasteiger partial charge in [0.05, 0.1) is 4.92 Å². The van der Waals surface area contributed by atoms with Gasteiger partial charge >= 0.3 is 0 Å². The summed E-state index contributed by atoms with van der Waals surface area (Å²) in [4.78, 5) is 10.7. The highest BCUT2D eigenvalue weighted by Gasteiger charge is 2.17. The number of nitro groups is 1. The molecule has 6 heteroatoms. The largest absolute Gasteiger partial charge is 0.310 e. The molecule has 1 N–H and O–H groups in total. The first kappa shape index (κ1) is 13.8. The third-order valence-electron chi connectivity index (χ3n) is 3.05. The Labute approximate surface area is 119 Å². The number of benzene rings is 1. The van der Waals surface area contributed by atoms with E-state index < -0.39 is 0 Å². The minimum atomic E-state index is -0.321. The van der Waals surface area contributed by atoms with Gasteiger partial charge in [-0.15, -0.1) is 0 Å². The van der Waals surface area contributed by atoms with E-state index in [1.165, 1.54) is 11.5 Å². The molecule has 1 aromatic carbocycles. The molecule has 18 heavy (non-hydrogen) atoms. The van der Waals surface area contributed by atoms with Crippen molar-refractivity contribution in [3.63, 3.8) is 0 Å². The molecule has 4 nitrogen and oxygen atoms in total. The highest BCUT2D eigenvalue weighted by Crippen LogP contribution is 2.24. The van der Waals surface area contributed by atoms with Crippen LogP contribution < -0.4 is 5.32 Å². The summed E-state index contributed by atoms with van der Waals surface area (Å²) in [6.45, 7) is 0.568. The summed E-state index contributed by atoms with van der Waals surface area (Å²) >= 11 is 5.24. The first-order chi connectivity index (χ1) is 8.66. The molecule has 0 aromatic heterocycles. The summed E-state index contributed by atoms with van der Waals surface area (Å²) in [5.74, 6) is 2.36. The van der Waals surface area contributed by atoms with Crippen LogP contribution in [0.4, 0.5) is 5.69 Å². The zero-order valence-electron chi connectivity index (χ0n) is 9.89. The number of thioether (sulfide) groups is 1. The molecule has 1 aliphatic heterocycles. The van der Waals surface area contributed by atoms with Gasteiger partial charge in [-0.2, -0.15) is 11.8 Å². The van der Waals surface area contributed by atoms with Crippen molar-refractivity contribution in [2.45, 2.75) is 25.4 Å². The molecule has 0 radical (unpaired) electrons. The molecule has 0 spiro atoms. The number of nitrogens with one attached hydrogen (secondary N) is 1. The maximum atomic E-state index is 11.0. The number of hydrogen-bond donors (Lipinski definition) is 1. The van der Waals surface area contributed by atoms with Crippen molar-refractivity contribution in [3.05, 3.63) is 38.3 Å². The molecule has 98 valence electrons. The molecular formula is C12H15BrN2O2S. The average molecular weight is 331 g/mol. The van der Waals surface area contributed by atoms with Crippen LogP contribution in [-0.4, -0.2) is 22.5 Å². The lowest BCUT2D eigenvalue weighted by Gasteiger charge is -2.22. The number of rotatable bonds is 4. The molecule has 0 bridgehead atoms. The first-order valence-corrected chi connectivity index (χ1v) is 7.85. The fraction of sp³-hybridized carbons (Fsp3) is 0.500. The monoisotopic (exact) mass is 330 g/mol. The fourth-order valence-electron chi connectivity index (χ4n) is 2.01. The fourth-order valence-corrected chi connectivity index (χ4v) is 3.47. The number of nitrogens with zero attached hydrogens (tertiary/aromatic N) is 1. The van der Waals surface area contributed by atoms with Crippen LogP contribution in [0.1, 0.15) is 18.4 Å². The van der Waals surface area contributed by atoms with Gasteiger partial charge in [-0.1, -0.05) is 15.9 Å². The lowest BCUT2D eigenvalue weighted by atomic mass is 10.1. The Balaban J connectivity index is 2.01. The van der Waals surface area contributed by atoms with E-state index in [1.807, 2.05) is 23.9 Å². The quantitative estimate of drug-likeness (QED) is 0.679. The van der Waals surface area contributed by atoms with Gasteiger partial charge in [0.25, 0.3) is 5.69 Å². The van der Waals surface area contributed by atoms with Gasteiger partial charge in [-0.05, 0) is 36.5 Å². The predicted molar refractivity (Wildman–Crippen MR) is 78.0 cm³/mol. The van der Waals surface area contributed by atoms with Gasteiger partial charge in [0.15, 0.2) is 0 Å². The average Bonchev–Trinajstić information content (AvgIpc) is 2.38. The molecular weight excluding hydrogens is 316 g/mol. The van der Waals surface area contributed by atoms with Crippen molar-refractivity contribution < 1.29 is 4.92 Å². The molecule has 1 aliphatic rings. The molecule has 0 aliphatic carbocycles. The van der Waals surface area contributed by atoms with Crippen LogP contribution >= 0.6 is 27.7 Å². The van der Waals surface area contributed by atoms with Crippen LogP contribution in [-0.2, 0) is 6.54 Å². The molecule has 0 saturated carbocycles. The summed E-state index contributed by atoms with van der Waals surface area (Å²) in [5.41, 5.74) is 0.934. The predicted octanol–water partition coefficient (Wildman–Crippen LogP) is 3.34. The summed E-state index contributed by atoms with van der Waals surface area (Å²) in [5, 5.41) is 14.4. The Morgan fingerprint density at radius 3 is 2.83 bits per heavy atom. The van der Waals surface area contributed by atoms with E-state index in [1.54, 1.807) is 6.07 Å². The second-order valence-electron chi connectivity index (χ2n) is 4.30. The van der Waals surface area contributed by atoms with Gasteiger partial charge in [0, 0.05) is 28.7 Å². The number of nitro benzene ring substituents is 1. The summed E-state index contributed by atoms with van der Waals surface area (Å²) in [6.07, 6.45) is 2.30. The van der Waals surface area contributed by atoms with E-state index in [9.17, 15) is 10.1 Å². The second-order valence-corrected chi connectivity index (χ2v) is 6.44. The standard InChI is InChI=1S/C12H15BrN2O2S/c13-10-2-1-9(12(7-10)15(16)17)8-14-11-3-5-18-6-4-11/h1-2,7,11,14H,3-6,8H2. The molecule has 1 aromatic rings. The van der Waals surface area contributed by atoms with Crippen LogP contribution in [0, 0.1) is 10.1 Å². The normalized spacial score (nSPS) is 16.7. The Morgan fingerprint density at radius 2 is 2.17 bits per heavy atom. The van der Waals surface area contributed by atoms with Crippen molar-refractivity contribution in [2.24, 2.45) is 0 Å². The summed E-state index contributed by atoms with van der Waals surface area (Å²) in [6, 6.07) is 5.72. The third-order valence-corrected chi connectivity index (χ3v) is 4.59. The SMILES string of the molecule is O=[N+]([O-])c1cc(Br)ccc1CNC1CCSCC1. The van der Waals surface area contributed by atoms with Gasteiger partial charge in [0.1, 0.15) is 0 Å². The van der Waals surface area contributed by atoms with E-state index >= 15 is 0 Å². The van der Waals surface area contributed by atoms with Crippen molar-refractivity contribution in [2.75, 3.05) is 11.5 Å². The molecule has 2 rings (SSSR count). The zero-order chi connectivity index (χ0) is 13.0. The van der Waals surface area contributed by atoms with Crippen LogP contribution in [0.2, 0.25) is 0 Å². The van der Waals surface area contributed by atoms with Crippen molar-refractivity contribution in [3.8, 4) is 0 Å². The molecule has 1 saturated heterocycles. The smallest absolute Gasteiger partial charge is 0.275 e. The van der Waals surface area contributed by atoms with E-state index in [4.69, 9.17) is 0 Å². The molecule has 1 fully saturated rings. The highest BCUT2D eigenvalue weighted by atomic mass is 79.9. The maximum absolute atomic E-state index is 11.0. The zero-order valence-corrected chi connectivity index (χ0v) is 12.3. The van der Waals surface area contributed by atoms with Gasteiger partial charge in [-0.25, -0.2) is 0 Å². The van der Waals surface area contributed by atoms with Crippen molar-refractivity contribution in [1.82, 2.24) is 5.32 Å². The molecule has 0 atom stereocenters. The summed E-state index contributed by atoms with van der Waals surface area (Å²) in [7, 11) is 0. The molecule has 1 heterocycles. The van der Waals surface area contributed by atoms with Crippen molar-refractivity contribution >= 4 is 33.4 Å². The van der Waals surface area contributed by atoms with Crippen LogP contribution in [0.15, 0.2) is 22.7 Å². The second kappa shape index (κ2) is 6.54. The van der Waals surface area contributed by atoms with E-state index in [2.05, 4.69) is 21.2 Å².